The van der Waals surface area contributed by atoms with E-state index in [1.807, 2.05) is 0 Å². The molecule has 1 aromatic rings. The van der Waals surface area contributed by atoms with E-state index in [-0.39, 0.29) is 5.56 Å². The van der Waals surface area contributed by atoms with Gasteiger partial charge in [0.1, 0.15) is 6.54 Å². The fraction of sp³-hybridized carbons (Fsp3) is 0.500. The molecule has 1 heterocycles. The Labute approximate surface area is 125 Å². The third kappa shape index (κ3) is 4.61. The lowest BCUT2D eigenvalue weighted by atomic mass is 10.1. The zero-order valence-corrected chi connectivity index (χ0v) is 12.0. The number of nitrogens with zero attached hydrogens (tertiary/aromatic N) is 1. The summed E-state index contributed by atoms with van der Waals surface area (Å²) >= 11 is 5.73. The number of carbonyl (C=O) groups excluding carboxylic acids is 1. The van der Waals surface area contributed by atoms with Crippen LogP contribution in [0.1, 0.15) is 23.2 Å². The van der Waals surface area contributed by atoms with Crippen molar-refractivity contribution in [1.82, 2.24) is 4.90 Å². The van der Waals surface area contributed by atoms with Gasteiger partial charge in [-0.1, -0.05) is 11.6 Å². The molecule has 0 N–H and O–H groups in total. The van der Waals surface area contributed by atoms with Crippen molar-refractivity contribution in [3.05, 3.63) is 34.9 Å². The van der Waals surface area contributed by atoms with Gasteiger partial charge in [0.05, 0.1) is 0 Å². The molecule has 7 heteroatoms. The van der Waals surface area contributed by atoms with E-state index < -0.39 is 24.7 Å². The van der Waals surface area contributed by atoms with E-state index in [4.69, 9.17) is 16.3 Å². The minimum absolute atomic E-state index is 0.204. The minimum atomic E-state index is -4.43. The monoisotopic (exact) mass is 321 g/mol. The maximum Gasteiger partial charge on any atom is 0.406 e. The quantitative estimate of drug-likeness (QED) is 0.852. The van der Waals surface area contributed by atoms with Crippen molar-refractivity contribution >= 4 is 17.5 Å². The summed E-state index contributed by atoms with van der Waals surface area (Å²) in [6, 6.07) is 5.40. The van der Waals surface area contributed by atoms with Crippen molar-refractivity contribution < 1.29 is 22.7 Å². The first-order valence-electron chi connectivity index (χ1n) is 6.58. The van der Waals surface area contributed by atoms with Crippen molar-refractivity contribution in [3.8, 4) is 0 Å². The molecule has 21 heavy (non-hydrogen) atoms. The molecular weight excluding hydrogens is 307 g/mol. The number of hydrogen-bond acceptors (Lipinski definition) is 2. The van der Waals surface area contributed by atoms with Gasteiger partial charge in [0.15, 0.2) is 0 Å². The molecule has 1 fully saturated rings. The molecule has 0 spiro atoms. The molecule has 0 aromatic heterocycles. The summed E-state index contributed by atoms with van der Waals surface area (Å²) in [7, 11) is 0. The molecule has 2 rings (SSSR count). The lowest BCUT2D eigenvalue weighted by Gasteiger charge is -2.34. The zero-order valence-electron chi connectivity index (χ0n) is 11.2. The highest BCUT2D eigenvalue weighted by Crippen LogP contribution is 2.24. The molecule has 0 bridgehead atoms. The Morgan fingerprint density at radius 1 is 1.24 bits per heavy atom. The van der Waals surface area contributed by atoms with Crippen LogP contribution in [0.3, 0.4) is 0 Å². The summed E-state index contributed by atoms with van der Waals surface area (Å²) in [4.78, 5) is 13.3. The van der Waals surface area contributed by atoms with E-state index >= 15 is 0 Å². The third-order valence-corrected chi connectivity index (χ3v) is 3.59. The number of halogens is 4. The molecule has 0 atom stereocenters. The first kappa shape index (κ1) is 16.1. The van der Waals surface area contributed by atoms with Gasteiger partial charge in [-0.05, 0) is 37.1 Å². The van der Waals surface area contributed by atoms with E-state index in [0.29, 0.717) is 31.1 Å². The standard InChI is InChI=1S/C14H15ClF3NO2/c15-11-3-1-10(2-4-11)13(20)19(9-14(16,17)18)12-5-7-21-8-6-12/h1-4,12H,5-9H2. The predicted molar refractivity (Wildman–Crippen MR) is 72.4 cm³/mol. The van der Waals surface area contributed by atoms with Gasteiger partial charge in [0.25, 0.3) is 5.91 Å². The molecule has 1 aliphatic heterocycles. The maximum atomic E-state index is 12.8. The molecule has 0 unspecified atom stereocenters. The van der Waals surface area contributed by atoms with E-state index in [2.05, 4.69) is 0 Å². The number of hydrogen-bond donors (Lipinski definition) is 0. The van der Waals surface area contributed by atoms with Gasteiger partial charge in [0, 0.05) is 29.8 Å². The van der Waals surface area contributed by atoms with Crippen LogP contribution in [-0.2, 0) is 4.74 Å². The second kappa shape index (κ2) is 6.66. The Morgan fingerprint density at radius 2 is 1.81 bits per heavy atom. The summed E-state index contributed by atoms with van der Waals surface area (Å²) < 4.78 is 43.4. The van der Waals surface area contributed by atoms with Crippen LogP contribution < -0.4 is 0 Å². The smallest absolute Gasteiger partial charge is 0.381 e. The number of amides is 1. The van der Waals surface area contributed by atoms with Gasteiger partial charge in [0.2, 0.25) is 0 Å². The Bertz CT molecular complexity index is 484. The number of carbonyl (C=O) groups is 1. The van der Waals surface area contributed by atoms with Crippen LogP contribution in [0.25, 0.3) is 0 Å². The van der Waals surface area contributed by atoms with Crippen LogP contribution in [0.4, 0.5) is 13.2 Å². The van der Waals surface area contributed by atoms with Crippen LogP contribution in [0.2, 0.25) is 5.02 Å². The lowest BCUT2D eigenvalue weighted by Crippen LogP contribution is -2.47. The van der Waals surface area contributed by atoms with E-state index in [9.17, 15) is 18.0 Å². The number of benzene rings is 1. The molecule has 1 amide bonds. The Kier molecular flexibility index (Phi) is 5.11. The van der Waals surface area contributed by atoms with Gasteiger partial charge >= 0.3 is 6.18 Å². The molecule has 3 nitrogen and oxygen atoms in total. The van der Waals surface area contributed by atoms with Crippen molar-refractivity contribution in [3.63, 3.8) is 0 Å². The Balaban J connectivity index is 2.20. The number of alkyl halides is 3. The van der Waals surface area contributed by atoms with Crippen LogP contribution >= 0.6 is 11.6 Å². The molecule has 116 valence electrons. The van der Waals surface area contributed by atoms with Crippen LogP contribution in [0.5, 0.6) is 0 Å². The third-order valence-electron chi connectivity index (χ3n) is 3.33. The Morgan fingerprint density at radius 3 is 2.33 bits per heavy atom. The van der Waals surface area contributed by atoms with Gasteiger partial charge in [-0.25, -0.2) is 0 Å². The summed E-state index contributed by atoms with van der Waals surface area (Å²) in [5.41, 5.74) is 0.204. The molecular formula is C14H15ClF3NO2. The summed E-state index contributed by atoms with van der Waals surface area (Å²) in [6.45, 7) is -0.515. The number of rotatable bonds is 3. The summed E-state index contributed by atoms with van der Waals surface area (Å²) in [5.74, 6) is -0.629. The van der Waals surface area contributed by atoms with Crippen LogP contribution in [-0.4, -0.2) is 42.8 Å². The van der Waals surface area contributed by atoms with Gasteiger partial charge in [-0.3, -0.25) is 4.79 Å². The van der Waals surface area contributed by atoms with Gasteiger partial charge in [-0.2, -0.15) is 13.2 Å². The molecule has 0 aliphatic carbocycles. The SMILES string of the molecule is O=C(c1ccc(Cl)cc1)N(CC(F)(F)F)C1CCOCC1. The molecule has 1 saturated heterocycles. The predicted octanol–water partition coefficient (Wildman–Crippen LogP) is 3.52. The minimum Gasteiger partial charge on any atom is -0.381 e. The topological polar surface area (TPSA) is 29.5 Å². The first-order chi connectivity index (χ1) is 9.87. The highest BCUT2D eigenvalue weighted by Gasteiger charge is 2.37. The highest BCUT2D eigenvalue weighted by molar-refractivity contribution is 6.30. The lowest BCUT2D eigenvalue weighted by molar-refractivity contribution is -0.147. The summed E-state index contributed by atoms with van der Waals surface area (Å²) in [5, 5.41) is 0.431. The highest BCUT2D eigenvalue weighted by atomic mass is 35.5. The van der Waals surface area contributed by atoms with Crippen molar-refractivity contribution in [2.45, 2.75) is 25.1 Å². The van der Waals surface area contributed by atoms with Gasteiger partial charge in [-0.15, -0.1) is 0 Å². The van der Waals surface area contributed by atoms with E-state index in [0.717, 1.165) is 4.90 Å². The average Bonchev–Trinajstić information content (AvgIpc) is 2.45. The first-order valence-corrected chi connectivity index (χ1v) is 6.95. The molecule has 0 saturated carbocycles. The average molecular weight is 322 g/mol. The van der Waals surface area contributed by atoms with Gasteiger partial charge < -0.3 is 9.64 Å². The second-order valence-electron chi connectivity index (χ2n) is 4.90. The largest absolute Gasteiger partial charge is 0.406 e. The van der Waals surface area contributed by atoms with Crippen LogP contribution in [0, 0.1) is 0 Å². The number of ether oxygens (including phenoxy) is 1. The van der Waals surface area contributed by atoms with Crippen molar-refractivity contribution in [2.75, 3.05) is 19.8 Å². The fourth-order valence-corrected chi connectivity index (χ4v) is 2.44. The van der Waals surface area contributed by atoms with E-state index in [1.54, 1.807) is 0 Å². The molecule has 0 radical (unpaired) electrons. The van der Waals surface area contributed by atoms with E-state index in [1.165, 1.54) is 24.3 Å². The maximum absolute atomic E-state index is 12.8. The Hall–Kier alpha value is -1.27. The van der Waals surface area contributed by atoms with Crippen LogP contribution in [0.15, 0.2) is 24.3 Å². The molecule has 1 aliphatic rings. The second-order valence-corrected chi connectivity index (χ2v) is 5.34. The fourth-order valence-electron chi connectivity index (χ4n) is 2.31. The zero-order chi connectivity index (χ0) is 15.5. The van der Waals surface area contributed by atoms with Crippen molar-refractivity contribution in [2.24, 2.45) is 0 Å². The molecule has 1 aromatic carbocycles. The summed E-state index contributed by atoms with van der Waals surface area (Å²) in [6.07, 6.45) is -3.61. The normalized spacial score (nSPS) is 16.8. The van der Waals surface area contributed by atoms with Crippen molar-refractivity contribution in [1.29, 1.82) is 0 Å².